The van der Waals surface area contributed by atoms with Gasteiger partial charge in [0.15, 0.2) is 5.82 Å². The van der Waals surface area contributed by atoms with Crippen LogP contribution in [0.4, 0.5) is 11.5 Å². The molecule has 0 aliphatic carbocycles. The molecule has 1 amide bonds. The van der Waals surface area contributed by atoms with Crippen molar-refractivity contribution >= 4 is 42.2 Å². The summed E-state index contributed by atoms with van der Waals surface area (Å²) < 4.78 is 0. The predicted molar refractivity (Wildman–Crippen MR) is 104 cm³/mol. The number of nitrogens with two attached hydrogens (primary N) is 1. The molecule has 2 N–H and O–H groups in total. The normalized spacial score (nSPS) is 13.6. The number of para-hydroxylation sites is 1. The summed E-state index contributed by atoms with van der Waals surface area (Å²) in [4.78, 5) is 16.4. The molecular weight excluding hydrogens is 361 g/mol. The lowest BCUT2D eigenvalue weighted by Crippen LogP contribution is -2.49. The number of benzene rings is 1. The van der Waals surface area contributed by atoms with Crippen molar-refractivity contribution < 1.29 is 4.79 Å². The first-order valence-corrected chi connectivity index (χ1v) is 7.88. The van der Waals surface area contributed by atoms with Gasteiger partial charge in [-0.25, -0.2) is 0 Å². The van der Waals surface area contributed by atoms with Crippen LogP contribution >= 0.6 is 24.8 Å². The van der Waals surface area contributed by atoms with E-state index < -0.39 is 0 Å². The summed E-state index contributed by atoms with van der Waals surface area (Å²) >= 11 is 0. The third-order valence-corrected chi connectivity index (χ3v) is 4.18. The Morgan fingerprint density at radius 3 is 2.40 bits per heavy atom. The molecule has 0 spiro atoms. The number of carbonyl (C=O) groups excluding carboxylic acids is 1. The Bertz CT molecular complexity index is 663. The fourth-order valence-electron chi connectivity index (χ4n) is 2.81. The van der Waals surface area contributed by atoms with Crippen molar-refractivity contribution in [2.24, 2.45) is 0 Å². The van der Waals surface area contributed by atoms with E-state index in [1.807, 2.05) is 41.3 Å². The molecule has 2 heterocycles. The van der Waals surface area contributed by atoms with Gasteiger partial charge < -0.3 is 15.5 Å². The number of aryl methyl sites for hydroxylation is 1. The first-order chi connectivity index (χ1) is 11.2. The highest BCUT2D eigenvalue weighted by Gasteiger charge is 2.21. The number of hydrogen-bond acceptors (Lipinski definition) is 5. The fourth-order valence-corrected chi connectivity index (χ4v) is 2.81. The zero-order valence-electron chi connectivity index (χ0n) is 13.9. The van der Waals surface area contributed by atoms with E-state index in [-0.39, 0.29) is 30.7 Å². The predicted octanol–water partition coefficient (Wildman–Crippen LogP) is 2.18. The van der Waals surface area contributed by atoms with Crippen molar-refractivity contribution in [2.45, 2.75) is 12.8 Å². The Morgan fingerprint density at radius 2 is 1.76 bits per heavy atom. The fraction of sp³-hybridized carbons (Fsp3) is 0.353. The molecule has 1 aliphatic rings. The molecule has 1 fully saturated rings. The van der Waals surface area contributed by atoms with E-state index in [2.05, 4.69) is 15.1 Å². The molecule has 1 aromatic carbocycles. The molecule has 6 nitrogen and oxygen atoms in total. The number of halogens is 2. The van der Waals surface area contributed by atoms with Gasteiger partial charge in [0, 0.05) is 44.5 Å². The number of piperazine rings is 1. The lowest BCUT2D eigenvalue weighted by molar-refractivity contribution is -0.131. The molecule has 0 atom stereocenters. The molecule has 136 valence electrons. The van der Waals surface area contributed by atoms with E-state index in [0.717, 1.165) is 43.2 Å². The molecule has 8 heteroatoms. The average Bonchev–Trinajstić information content (AvgIpc) is 2.62. The molecule has 1 saturated heterocycles. The molecule has 3 rings (SSSR count). The van der Waals surface area contributed by atoms with Gasteiger partial charge in [-0.05, 0) is 30.2 Å². The van der Waals surface area contributed by atoms with Gasteiger partial charge in [0.1, 0.15) is 0 Å². The molecular formula is C17H23Cl2N5O. The highest BCUT2D eigenvalue weighted by Crippen LogP contribution is 2.15. The van der Waals surface area contributed by atoms with Gasteiger partial charge in [0.25, 0.3) is 0 Å². The summed E-state index contributed by atoms with van der Waals surface area (Å²) in [7, 11) is 0. The lowest BCUT2D eigenvalue weighted by atomic mass is 10.1. The number of carbonyl (C=O) groups is 1. The molecule has 25 heavy (non-hydrogen) atoms. The maximum Gasteiger partial charge on any atom is 0.223 e. The Hall–Kier alpha value is -2.05. The van der Waals surface area contributed by atoms with Crippen molar-refractivity contribution in [2.75, 3.05) is 36.8 Å². The third kappa shape index (κ3) is 5.47. The molecule has 0 unspecified atom stereocenters. The summed E-state index contributed by atoms with van der Waals surface area (Å²) in [6.07, 6.45) is 2.85. The number of nitrogens with zero attached hydrogens (tertiary/aromatic N) is 4. The Kier molecular flexibility index (Phi) is 8.45. The topological polar surface area (TPSA) is 75.4 Å². The van der Waals surface area contributed by atoms with Crippen LogP contribution in [-0.2, 0) is 11.2 Å². The molecule has 0 bridgehead atoms. The van der Waals surface area contributed by atoms with Crippen molar-refractivity contribution in [3.8, 4) is 0 Å². The second kappa shape index (κ2) is 10.1. The largest absolute Gasteiger partial charge is 0.399 e. The van der Waals surface area contributed by atoms with Crippen LogP contribution in [0.2, 0.25) is 0 Å². The van der Waals surface area contributed by atoms with E-state index in [4.69, 9.17) is 5.73 Å². The first-order valence-electron chi connectivity index (χ1n) is 7.88. The van der Waals surface area contributed by atoms with Crippen LogP contribution in [0.15, 0.2) is 42.6 Å². The van der Waals surface area contributed by atoms with Crippen molar-refractivity contribution in [1.82, 2.24) is 15.1 Å². The standard InChI is InChI=1S/C17H21N5O.2ClH/c18-15-5-2-1-4-14(15)7-8-17(23)22-12-10-21(11-13-22)16-6-3-9-19-20-16;;/h1-6,9H,7-8,10-13,18H2;2*1H. The van der Waals surface area contributed by atoms with E-state index in [1.54, 1.807) is 6.20 Å². The van der Waals surface area contributed by atoms with Crippen LogP contribution in [0.3, 0.4) is 0 Å². The third-order valence-electron chi connectivity index (χ3n) is 4.18. The van der Waals surface area contributed by atoms with Gasteiger partial charge in [0.05, 0.1) is 0 Å². The number of hydrogen-bond donors (Lipinski definition) is 1. The minimum Gasteiger partial charge on any atom is -0.399 e. The van der Waals surface area contributed by atoms with Crippen LogP contribution in [0, 0.1) is 0 Å². The molecule has 0 saturated carbocycles. The van der Waals surface area contributed by atoms with Gasteiger partial charge in [-0.3, -0.25) is 4.79 Å². The number of amides is 1. The molecule has 1 aromatic heterocycles. The van der Waals surface area contributed by atoms with Gasteiger partial charge in [-0.1, -0.05) is 18.2 Å². The van der Waals surface area contributed by atoms with E-state index in [9.17, 15) is 4.79 Å². The van der Waals surface area contributed by atoms with Crippen LogP contribution < -0.4 is 10.6 Å². The Morgan fingerprint density at radius 1 is 1.04 bits per heavy atom. The van der Waals surface area contributed by atoms with Gasteiger partial charge in [-0.15, -0.1) is 29.9 Å². The summed E-state index contributed by atoms with van der Waals surface area (Å²) in [5.74, 6) is 1.06. The van der Waals surface area contributed by atoms with Crippen molar-refractivity contribution in [3.63, 3.8) is 0 Å². The maximum absolute atomic E-state index is 12.4. The summed E-state index contributed by atoms with van der Waals surface area (Å²) in [6, 6.07) is 11.5. The number of nitrogen functional groups attached to an aromatic ring is 1. The second-order valence-electron chi connectivity index (χ2n) is 5.65. The zero-order chi connectivity index (χ0) is 16.1. The quantitative estimate of drug-likeness (QED) is 0.818. The van der Waals surface area contributed by atoms with Crippen LogP contribution in [0.25, 0.3) is 0 Å². The minimum absolute atomic E-state index is 0. The summed E-state index contributed by atoms with van der Waals surface area (Å²) in [5, 5.41) is 8.02. The maximum atomic E-state index is 12.4. The van der Waals surface area contributed by atoms with Crippen molar-refractivity contribution in [3.05, 3.63) is 48.2 Å². The molecule has 2 aromatic rings. The minimum atomic E-state index is 0. The number of rotatable bonds is 4. The van der Waals surface area contributed by atoms with Crippen LogP contribution in [0.5, 0.6) is 0 Å². The summed E-state index contributed by atoms with van der Waals surface area (Å²) in [6.45, 7) is 3.02. The van der Waals surface area contributed by atoms with E-state index >= 15 is 0 Å². The van der Waals surface area contributed by atoms with E-state index in [0.29, 0.717) is 12.8 Å². The lowest BCUT2D eigenvalue weighted by Gasteiger charge is -2.35. The monoisotopic (exact) mass is 383 g/mol. The highest BCUT2D eigenvalue weighted by molar-refractivity contribution is 5.85. The Labute approximate surface area is 160 Å². The highest BCUT2D eigenvalue weighted by atomic mass is 35.5. The van der Waals surface area contributed by atoms with Gasteiger partial charge >= 0.3 is 0 Å². The smallest absolute Gasteiger partial charge is 0.223 e. The van der Waals surface area contributed by atoms with Crippen molar-refractivity contribution in [1.29, 1.82) is 0 Å². The van der Waals surface area contributed by atoms with Gasteiger partial charge in [-0.2, -0.15) is 5.10 Å². The van der Waals surface area contributed by atoms with Gasteiger partial charge in [0.2, 0.25) is 5.91 Å². The molecule has 0 radical (unpaired) electrons. The summed E-state index contributed by atoms with van der Waals surface area (Å²) in [5.41, 5.74) is 7.72. The van der Waals surface area contributed by atoms with E-state index in [1.165, 1.54) is 0 Å². The average molecular weight is 384 g/mol. The van der Waals surface area contributed by atoms with Crippen LogP contribution in [-0.4, -0.2) is 47.2 Å². The number of anilines is 2. The SMILES string of the molecule is Cl.Cl.Nc1ccccc1CCC(=O)N1CCN(c2cccnn2)CC1. The first kappa shape index (κ1) is 21.0. The Balaban J connectivity index is 0.00000156. The number of aromatic nitrogens is 2. The van der Waals surface area contributed by atoms with Crippen LogP contribution in [0.1, 0.15) is 12.0 Å². The zero-order valence-corrected chi connectivity index (χ0v) is 15.5. The molecule has 1 aliphatic heterocycles. The second-order valence-corrected chi connectivity index (χ2v) is 5.65.